The Balaban J connectivity index is 1.86. The van der Waals surface area contributed by atoms with Gasteiger partial charge in [-0.25, -0.2) is 9.97 Å². The number of hydrogen-bond acceptors (Lipinski definition) is 7. The first-order chi connectivity index (χ1) is 11.1. The van der Waals surface area contributed by atoms with Crippen molar-refractivity contribution in [1.29, 1.82) is 0 Å². The molecule has 0 aromatic carbocycles. The van der Waals surface area contributed by atoms with Crippen LogP contribution in [0, 0.1) is 0 Å². The average molecular weight is 312 g/mol. The van der Waals surface area contributed by atoms with Gasteiger partial charge in [-0.3, -0.25) is 9.59 Å². The van der Waals surface area contributed by atoms with Crippen LogP contribution in [0.1, 0.15) is 21.0 Å². The van der Waals surface area contributed by atoms with E-state index in [0.717, 1.165) is 6.54 Å². The molecule has 118 valence electrons. The van der Waals surface area contributed by atoms with Gasteiger partial charge in [0.1, 0.15) is 17.1 Å². The number of Topliss-reactive ketones (excluding diaryl/α,β-unsaturated/α-hetero) is 1. The Morgan fingerprint density at radius 3 is 2.78 bits per heavy atom. The van der Waals surface area contributed by atoms with Crippen LogP contribution in [0.3, 0.4) is 0 Å². The molecule has 1 N–H and O–H groups in total. The second-order valence-corrected chi connectivity index (χ2v) is 5.41. The Bertz CT molecular complexity index is 779. The number of ketones is 2. The Morgan fingerprint density at radius 1 is 1.26 bits per heavy atom. The highest BCUT2D eigenvalue weighted by molar-refractivity contribution is 6.22. The van der Waals surface area contributed by atoms with Gasteiger partial charge in [0.2, 0.25) is 11.6 Å². The number of nitrogens with zero attached hydrogens (tertiary/aromatic N) is 3. The number of allylic oxidation sites excluding steroid dienone is 2. The number of carbonyl (C=O) groups excluding carboxylic acids is 2. The van der Waals surface area contributed by atoms with E-state index in [1.807, 2.05) is 19.0 Å². The molecule has 0 saturated heterocycles. The van der Waals surface area contributed by atoms with E-state index in [4.69, 9.17) is 4.42 Å². The van der Waals surface area contributed by atoms with Crippen LogP contribution in [0.4, 0.5) is 0 Å². The van der Waals surface area contributed by atoms with E-state index in [0.29, 0.717) is 18.0 Å². The number of fused-ring (bicyclic) bond motifs is 1. The van der Waals surface area contributed by atoms with Gasteiger partial charge in [-0.1, -0.05) is 0 Å². The van der Waals surface area contributed by atoms with Crippen molar-refractivity contribution in [3.05, 3.63) is 47.8 Å². The first-order valence-electron chi connectivity index (χ1n) is 7.16. The zero-order valence-corrected chi connectivity index (χ0v) is 12.9. The van der Waals surface area contributed by atoms with Crippen LogP contribution in [0.15, 0.2) is 40.8 Å². The van der Waals surface area contributed by atoms with Crippen molar-refractivity contribution in [2.24, 2.45) is 0 Å². The third-order valence-electron chi connectivity index (χ3n) is 3.39. The second kappa shape index (κ2) is 6.13. The third-order valence-corrected chi connectivity index (χ3v) is 3.39. The first-order valence-corrected chi connectivity index (χ1v) is 7.16. The van der Waals surface area contributed by atoms with Crippen molar-refractivity contribution < 1.29 is 14.0 Å². The summed E-state index contributed by atoms with van der Waals surface area (Å²) in [5.74, 6) is -0.163. The maximum Gasteiger partial charge on any atom is 0.229 e. The molecule has 0 atom stereocenters. The quantitative estimate of drug-likeness (QED) is 0.886. The van der Waals surface area contributed by atoms with Crippen molar-refractivity contribution in [2.75, 3.05) is 27.2 Å². The van der Waals surface area contributed by atoms with Gasteiger partial charge in [0.25, 0.3) is 0 Å². The van der Waals surface area contributed by atoms with Crippen LogP contribution in [0.5, 0.6) is 0 Å². The van der Waals surface area contributed by atoms with Crippen molar-refractivity contribution in [3.63, 3.8) is 0 Å². The molecule has 0 unspecified atom stereocenters. The summed E-state index contributed by atoms with van der Waals surface area (Å²) < 4.78 is 5.24. The van der Waals surface area contributed by atoms with Crippen molar-refractivity contribution in [3.8, 4) is 11.5 Å². The lowest BCUT2D eigenvalue weighted by Crippen LogP contribution is -2.32. The minimum Gasteiger partial charge on any atom is -0.463 e. The van der Waals surface area contributed by atoms with E-state index >= 15 is 0 Å². The highest BCUT2D eigenvalue weighted by Crippen LogP contribution is 2.22. The van der Waals surface area contributed by atoms with E-state index in [9.17, 15) is 9.59 Å². The molecule has 2 aromatic heterocycles. The topological polar surface area (TPSA) is 88.3 Å². The summed E-state index contributed by atoms with van der Waals surface area (Å²) in [4.78, 5) is 35.0. The van der Waals surface area contributed by atoms with Crippen LogP contribution < -0.4 is 5.32 Å². The summed E-state index contributed by atoms with van der Waals surface area (Å²) in [5, 5.41) is 2.98. The summed E-state index contributed by atoms with van der Waals surface area (Å²) in [7, 11) is 3.86. The van der Waals surface area contributed by atoms with Gasteiger partial charge in [0.15, 0.2) is 5.76 Å². The maximum absolute atomic E-state index is 12.4. The molecule has 0 fully saturated rings. The molecule has 2 heterocycles. The van der Waals surface area contributed by atoms with Gasteiger partial charge in [0, 0.05) is 19.2 Å². The molecule has 7 nitrogen and oxygen atoms in total. The Hall–Kier alpha value is -2.80. The van der Waals surface area contributed by atoms with Gasteiger partial charge in [-0.05, 0) is 26.2 Å². The van der Waals surface area contributed by atoms with Gasteiger partial charge >= 0.3 is 0 Å². The van der Waals surface area contributed by atoms with E-state index in [2.05, 4.69) is 15.3 Å². The molecule has 1 aliphatic carbocycles. The van der Waals surface area contributed by atoms with Gasteiger partial charge in [-0.2, -0.15) is 0 Å². The number of hydrogen-bond donors (Lipinski definition) is 1. The normalized spacial score (nSPS) is 14.0. The molecule has 2 aromatic rings. The van der Waals surface area contributed by atoms with Gasteiger partial charge < -0.3 is 14.6 Å². The number of rotatable bonds is 5. The fourth-order valence-electron chi connectivity index (χ4n) is 2.21. The minimum absolute atomic E-state index is 0.0575. The Morgan fingerprint density at radius 2 is 2.09 bits per heavy atom. The van der Waals surface area contributed by atoms with Crippen molar-refractivity contribution in [2.45, 2.75) is 0 Å². The molecule has 0 saturated carbocycles. The minimum atomic E-state index is -0.340. The summed E-state index contributed by atoms with van der Waals surface area (Å²) in [6, 6.07) is 3.44. The van der Waals surface area contributed by atoms with Crippen LogP contribution in [-0.4, -0.2) is 53.6 Å². The molecule has 23 heavy (non-hydrogen) atoms. The Labute approximate surface area is 133 Å². The number of nitrogens with one attached hydrogen (secondary N) is 1. The largest absolute Gasteiger partial charge is 0.463 e. The average Bonchev–Trinajstić information content (AvgIpc) is 3.05. The summed E-state index contributed by atoms with van der Waals surface area (Å²) in [5.41, 5.74) is 0.805. The molecule has 7 heteroatoms. The summed E-state index contributed by atoms with van der Waals surface area (Å²) in [6.07, 6.45) is 4.22. The highest BCUT2D eigenvalue weighted by Gasteiger charge is 2.29. The smallest absolute Gasteiger partial charge is 0.229 e. The lowest BCUT2D eigenvalue weighted by molar-refractivity contribution is 0.0970. The van der Waals surface area contributed by atoms with Crippen molar-refractivity contribution in [1.82, 2.24) is 20.2 Å². The number of aromatic nitrogens is 2. The first kappa shape index (κ1) is 15.1. The van der Waals surface area contributed by atoms with Crippen LogP contribution in [0.25, 0.3) is 11.5 Å². The molecule has 1 aliphatic rings. The molecule has 3 rings (SSSR count). The fourth-order valence-corrected chi connectivity index (χ4v) is 2.21. The highest BCUT2D eigenvalue weighted by atomic mass is 16.3. The molecular weight excluding hydrogens is 296 g/mol. The van der Waals surface area contributed by atoms with E-state index < -0.39 is 0 Å². The van der Waals surface area contributed by atoms with Crippen molar-refractivity contribution >= 4 is 11.6 Å². The third kappa shape index (κ3) is 3.04. The van der Waals surface area contributed by atoms with Gasteiger partial charge in [-0.15, -0.1) is 0 Å². The second-order valence-electron chi connectivity index (χ2n) is 5.41. The lowest BCUT2D eigenvalue weighted by atomic mass is 10.0. The standard InChI is InChI=1S/C16H16N4O3/c1-20(2)6-5-17-10-8-12(21)14-15(16(10)22)18-9-11(19-14)13-4-3-7-23-13/h3-4,7-9,17H,5-6H2,1-2H3. The zero-order chi connectivity index (χ0) is 16.4. The lowest BCUT2D eigenvalue weighted by Gasteiger charge is -2.17. The molecule has 0 bridgehead atoms. The zero-order valence-electron chi connectivity index (χ0n) is 12.9. The SMILES string of the molecule is CN(C)CCNC1=CC(=O)c2nc(-c3ccco3)cnc2C1=O. The number of likely N-dealkylation sites (N-methyl/N-ethyl adjacent to an activating group) is 1. The number of carbonyl (C=O) groups is 2. The van der Waals surface area contributed by atoms with Crippen LogP contribution >= 0.6 is 0 Å². The molecular formula is C16H16N4O3. The fraction of sp³-hybridized carbons (Fsp3) is 0.250. The molecule has 0 amide bonds. The molecule has 0 aliphatic heterocycles. The number of furan rings is 1. The predicted octanol–water partition coefficient (Wildman–Crippen LogP) is 1.15. The maximum atomic E-state index is 12.4. The summed E-state index contributed by atoms with van der Waals surface area (Å²) in [6.45, 7) is 1.31. The van der Waals surface area contributed by atoms with E-state index in [-0.39, 0.29) is 28.7 Å². The Kier molecular flexibility index (Phi) is 4.03. The molecule has 0 radical (unpaired) electrons. The molecule has 0 spiro atoms. The monoisotopic (exact) mass is 312 g/mol. The summed E-state index contributed by atoms with van der Waals surface area (Å²) >= 11 is 0. The predicted molar refractivity (Wildman–Crippen MR) is 83.0 cm³/mol. The van der Waals surface area contributed by atoms with E-state index in [1.165, 1.54) is 18.5 Å². The van der Waals surface area contributed by atoms with Crippen LogP contribution in [0.2, 0.25) is 0 Å². The van der Waals surface area contributed by atoms with Gasteiger partial charge in [0.05, 0.1) is 18.2 Å². The van der Waals surface area contributed by atoms with Crippen LogP contribution in [-0.2, 0) is 0 Å². The van der Waals surface area contributed by atoms with E-state index in [1.54, 1.807) is 12.1 Å².